The molecule has 0 aliphatic carbocycles. The third-order valence-electron chi connectivity index (χ3n) is 4.74. The Bertz CT molecular complexity index is 803. The van der Waals surface area contributed by atoms with Crippen LogP contribution in [0.5, 0.6) is 17.2 Å². The minimum atomic E-state index is 0. The zero-order chi connectivity index (χ0) is 34.0. The van der Waals surface area contributed by atoms with Gasteiger partial charge >= 0.3 is 0 Å². The van der Waals surface area contributed by atoms with Crippen LogP contribution in [0.2, 0.25) is 0 Å². The van der Waals surface area contributed by atoms with Gasteiger partial charge in [-0.2, -0.15) is 0 Å². The smallest absolute Gasteiger partial charge is 0.119 e. The van der Waals surface area contributed by atoms with Crippen LogP contribution < -0.4 is 14.2 Å². The van der Waals surface area contributed by atoms with Gasteiger partial charge in [0.1, 0.15) is 55.4 Å². The topological polar surface area (TPSA) is 65.3 Å². The van der Waals surface area contributed by atoms with Crippen LogP contribution in [-0.4, -0.2) is 58.0 Å². The quantitative estimate of drug-likeness (QED) is 0.216. The van der Waals surface area contributed by atoms with Gasteiger partial charge in [0.2, 0.25) is 0 Å². The van der Waals surface area contributed by atoms with Crippen molar-refractivity contribution in [2.75, 3.05) is 39.6 Å². The number of rotatable bonds is 9. The fourth-order valence-corrected chi connectivity index (χ4v) is 2.61. The average Bonchev–Trinajstić information content (AvgIpc) is 3.97. The first kappa shape index (κ1) is 47.3. The molecule has 0 aromatic heterocycles. The summed E-state index contributed by atoms with van der Waals surface area (Å²) in [6.07, 6.45) is 3.53. The molecular formula is C40H68O6. The minimum Gasteiger partial charge on any atom is -0.491 e. The van der Waals surface area contributed by atoms with E-state index < -0.39 is 0 Å². The van der Waals surface area contributed by atoms with Crippen molar-refractivity contribution < 1.29 is 28.4 Å². The van der Waals surface area contributed by atoms with Crippen molar-refractivity contribution in [3.05, 3.63) is 91.0 Å². The summed E-state index contributed by atoms with van der Waals surface area (Å²) in [4.78, 5) is 0. The molecule has 6 rings (SSSR count). The number of benzene rings is 3. The van der Waals surface area contributed by atoms with E-state index >= 15 is 0 Å². The Morgan fingerprint density at radius 2 is 0.609 bits per heavy atom. The molecule has 46 heavy (non-hydrogen) atoms. The lowest BCUT2D eigenvalue weighted by Crippen LogP contribution is -2.03. The van der Waals surface area contributed by atoms with Crippen LogP contribution in [0.4, 0.5) is 0 Å². The molecule has 0 amide bonds. The molecule has 264 valence electrons. The van der Waals surface area contributed by atoms with Crippen molar-refractivity contribution in [2.24, 2.45) is 0 Å². The predicted molar refractivity (Wildman–Crippen MR) is 198 cm³/mol. The molecule has 3 aliphatic rings. The first-order valence-corrected chi connectivity index (χ1v) is 17.1. The van der Waals surface area contributed by atoms with Crippen LogP contribution in [0.15, 0.2) is 91.0 Å². The second kappa shape index (κ2) is 36.4. The Hall–Kier alpha value is -3.06. The van der Waals surface area contributed by atoms with Crippen LogP contribution in [0.1, 0.15) is 89.5 Å². The van der Waals surface area contributed by atoms with E-state index in [4.69, 9.17) is 28.4 Å². The molecule has 0 radical (unpaired) electrons. The molecule has 3 atom stereocenters. The maximum atomic E-state index is 5.40. The molecule has 3 fully saturated rings. The number of ether oxygens (including phenoxy) is 6. The van der Waals surface area contributed by atoms with Crippen LogP contribution >= 0.6 is 0 Å². The van der Waals surface area contributed by atoms with Gasteiger partial charge in [-0.3, -0.25) is 0 Å². The van der Waals surface area contributed by atoms with Crippen molar-refractivity contribution in [2.45, 2.75) is 108 Å². The maximum absolute atomic E-state index is 5.40. The van der Waals surface area contributed by atoms with E-state index in [1.165, 1.54) is 12.8 Å². The fraction of sp³-hybridized carbons (Fsp3) is 0.550. The summed E-state index contributed by atoms with van der Waals surface area (Å²) in [6.45, 7) is 25.1. The Kier molecular flexibility index (Phi) is 37.5. The van der Waals surface area contributed by atoms with E-state index in [-0.39, 0.29) is 7.43 Å². The fourth-order valence-electron chi connectivity index (χ4n) is 2.61. The normalized spacial score (nSPS) is 16.4. The van der Waals surface area contributed by atoms with Gasteiger partial charge in [-0.25, -0.2) is 0 Å². The van der Waals surface area contributed by atoms with Crippen LogP contribution in [0, 0.1) is 0 Å². The lowest BCUT2D eigenvalue weighted by Gasteiger charge is -2.01. The Balaban J connectivity index is -0.000000512. The van der Waals surface area contributed by atoms with E-state index in [1.807, 2.05) is 133 Å². The summed E-state index contributed by atoms with van der Waals surface area (Å²) in [7, 11) is 0. The van der Waals surface area contributed by atoms with Crippen LogP contribution in [0.25, 0.3) is 0 Å². The SMILES string of the molecule is C.CC.CC.CC.CCC.CCC.c1ccc(OCC2CO2)cc1.c1ccc(OCC2CO2)cc1.c1ccc(OCC2CO2)cc1. The van der Waals surface area contributed by atoms with Gasteiger partial charge in [-0.1, -0.05) is 144 Å². The summed E-state index contributed by atoms with van der Waals surface area (Å²) in [5.74, 6) is 2.76. The molecule has 0 saturated carbocycles. The highest BCUT2D eigenvalue weighted by Crippen LogP contribution is 2.15. The lowest BCUT2D eigenvalue weighted by molar-refractivity contribution is 0.263. The van der Waals surface area contributed by atoms with Gasteiger partial charge in [-0.15, -0.1) is 0 Å². The Labute approximate surface area is 283 Å². The molecule has 3 unspecified atom stereocenters. The van der Waals surface area contributed by atoms with Crippen LogP contribution in [-0.2, 0) is 14.2 Å². The number of hydrogen-bond acceptors (Lipinski definition) is 6. The maximum Gasteiger partial charge on any atom is 0.119 e. The summed E-state index contributed by atoms with van der Waals surface area (Å²) >= 11 is 0. The first-order valence-electron chi connectivity index (χ1n) is 17.1. The molecule has 3 aromatic rings. The summed E-state index contributed by atoms with van der Waals surface area (Å²) in [5, 5.41) is 0. The molecule has 3 aliphatic heterocycles. The van der Waals surface area contributed by atoms with Gasteiger partial charge in [0.15, 0.2) is 0 Å². The number of epoxide rings is 3. The van der Waals surface area contributed by atoms with Crippen molar-refractivity contribution >= 4 is 0 Å². The molecule has 0 bridgehead atoms. The highest BCUT2D eigenvalue weighted by molar-refractivity contribution is 5.22. The monoisotopic (exact) mass is 645 g/mol. The van der Waals surface area contributed by atoms with Gasteiger partial charge in [0.25, 0.3) is 0 Å². The van der Waals surface area contributed by atoms with E-state index in [0.29, 0.717) is 38.1 Å². The number of para-hydroxylation sites is 3. The largest absolute Gasteiger partial charge is 0.491 e. The molecule has 0 N–H and O–H groups in total. The molecule has 6 heteroatoms. The van der Waals surface area contributed by atoms with E-state index in [0.717, 1.165) is 37.1 Å². The minimum absolute atomic E-state index is 0. The zero-order valence-corrected chi connectivity index (χ0v) is 30.0. The van der Waals surface area contributed by atoms with Crippen molar-refractivity contribution in [1.82, 2.24) is 0 Å². The third kappa shape index (κ3) is 32.3. The van der Waals surface area contributed by atoms with E-state index in [9.17, 15) is 0 Å². The molecule has 3 saturated heterocycles. The third-order valence-corrected chi connectivity index (χ3v) is 4.74. The van der Waals surface area contributed by atoms with Crippen LogP contribution in [0.3, 0.4) is 0 Å². The van der Waals surface area contributed by atoms with Gasteiger partial charge in [-0.05, 0) is 36.4 Å². The second-order valence-electron chi connectivity index (χ2n) is 9.15. The molecule has 6 nitrogen and oxygen atoms in total. The standard InChI is InChI=1S/3C9H10O2.2C3H8.3C2H6.CH4/c3*1-2-4-8(5-3-1)10-6-9-7-11-9;2*1-3-2;3*1-2;/h3*1-5,9H,6-7H2;2*3H2,1-2H3;3*1-2H3;1H4. The highest BCUT2D eigenvalue weighted by atomic mass is 16.6. The van der Waals surface area contributed by atoms with Gasteiger partial charge in [0.05, 0.1) is 19.8 Å². The highest BCUT2D eigenvalue weighted by Gasteiger charge is 2.24. The molecule has 3 heterocycles. The van der Waals surface area contributed by atoms with Crippen molar-refractivity contribution in [1.29, 1.82) is 0 Å². The van der Waals surface area contributed by atoms with E-state index in [2.05, 4.69) is 27.7 Å². The van der Waals surface area contributed by atoms with E-state index in [1.54, 1.807) is 0 Å². The zero-order valence-electron chi connectivity index (χ0n) is 30.0. The Morgan fingerprint density at radius 3 is 0.761 bits per heavy atom. The molecule has 0 spiro atoms. The summed E-state index contributed by atoms with van der Waals surface area (Å²) < 4.78 is 31.2. The molecule has 3 aromatic carbocycles. The average molecular weight is 645 g/mol. The second-order valence-corrected chi connectivity index (χ2v) is 9.15. The van der Waals surface area contributed by atoms with Crippen molar-refractivity contribution in [3.8, 4) is 17.2 Å². The van der Waals surface area contributed by atoms with Crippen molar-refractivity contribution in [3.63, 3.8) is 0 Å². The summed E-state index contributed by atoms with van der Waals surface area (Å²) in [6, 6.07) is 29.4. The number of hydrogen-bond donors (Lipinski definition) is 0. The Morgan fingerprint density at radius 1 is 0.435 bits per heavy atom. The molecular weight excluding hydrogens is 576 g/mol. The van der Waals surface area contributed by atoms with Gasteiger partial charge in [0, 0.05) is 0 Å². The predicted octanol–water partition coefficient (Wildman–Crippen LogP) is 10.9. The summed E-state index contributed by atoms with van der Waals surface area (Å²) in [5.41, 5.74) is 0. The van der Waals surface area contributed by atoms with Gasteiger partial charge < -0.3 is 28.4 Å². The first-order chi connectivity index (χ1) is 22.2. The lowest BCUT2D eigenvalue weighted by atomic mass is 10.3.